The lowest BCUT2D eigenvalue weighted by Gasteiger charge is -2.15. The molecule has 2 unspecified atom stereocenters. The number of nitrogens with one attached hydrogen (secondary N) is 2. The second kappa shape index (κ2) is 5.21. The number of carbonyl (C=O) groups is 1. The largest absolute Gasteiger partial charge is 0.382 e. The molecule has 4 heteroatoms. The van der Waals surface area contributed by atoms with Crippen molar-refractivity contribution in [2.24, 2.45) is 11.7 Å². The minimum atomic E-state index is 0.153. The number of anilines is 2. The SMILES string of the molecule is NC1CCC(Nc2cccc(NC(=O)C3CC3)c2)C1. The molecule has 2 aliphatic rings. The fraction of sp³-hybridized carbons (Fsp3) is 0.533. The molecule has 2 atom stereocenters. The Labute approximate surface area is 113 Å². The van der Waals surface area contributed by atoms with Crippen LogP contribution in [-0.2, 0) is 4.79 Å². The summed E-state index contributed by atoms with van der Waals surface area (Å²) in [6.45, 7) is 0. The van der Waals surface area contributed by atoms with Crippen molar-refractivity contribution in [2.45, 2.75) is 44.2 Å². The van der Waals surface area contributed by atoms with Crippen LogP contribution in [0.1, 0.15) is 32.1 Å². The minimum Gasteiger partial charge on any atom is -0.382 e. The Kier molecular flexibility index (Phi) is 3.42. The molecule has 0 saturated heterocycles. The average Bonchev–Trinajstić information content (AvgIpc) is 3.15. The summed E-state index contributed by atoms with van der Waals surface area (Å²) >= 11 is 0. The summed E-state index contributed by atoms with van der Waals surface area (Å²) in [6, 6.07) is 8.74. The summed E-state index contributed by atoms with van der Waals surface area (Å²) in [7, 11) is 0. The standard InChI is InChI=1S/C15H21N3O/c16-11-6-7-14(8-11)17-12-2-1-3-13(9-12)18-15(19)10-4-5-10/h1-3,9-11,14,17H,4-8,16H2,(H,18,19). The van der Waals surface area contributed by atoms with Gasteiger partial charge in [-0.05, 0) is 50.3 Å². The van der Waals surface area contributed by atoms with Gasteiger partial charge in [0.15, 0.2) is 0 Å². The zero-order valence-corrected chi connectivity index (χ0v) is 11.1. The van der Waals surface area contributed by atoms with Gasteiger partial charge < -0.3 is 16.4 Å². The van der Waals surface area contributed by atoms with Crippen LogP contribution in [0.3, 0.4) is 0 Å². The zero-order chi connectivity index (χ0) is 13.2. The van der Waals surface area contributed by atoms with E-state index in [1.54, 1.807) is 0 Å². The van der Waals surface area contributed by atoms with E-state index in [4.69, 9.17) is 5.73 Å². The van der Waals surface area contributed by atoms with Crippen LogP contribution in [0.5, 0.6) is 0 Å². The first-order chi connectivity index (χ1) is 9.20. The molecule has 2 aliphatic carbocycles. The topological polar surface area (TPSA) is 67.2 Å². The highest BCUT2D eigenvalue weighted by Crippen LogP contribution is 2.30. The van der Waals surface area contributed by atoms with Gasteiger partial charge in [0, 0.05) is 29.4 Å². The molecule has 0 heterocycles. The number of rotatable bonds is 4. The third kappa shape index (κ3) is 3.26. The summed E-state index contributed by atoms with van der Waals surface area (Å²) in [5.74, 6) is 0.393. The normalized spacial score (nSPS) is 26.2. The van der Waals surface area contributed by atoms with E-state index in [9.17, 15) is 4.79 Å². The first-order valence-corrected chi connectivity index (χ1v) is 7.14. The van der Waals surface area contributed by atoms with E-state index in [1.807, 2.05) is 24.3 Å². The molecule has 4 nitrogen and oxygen atoms in total. The highest BCUT2D eigenvalue weighted by Gasteiger charge is 2.29. The van der Waals surface area contributed by atoms with Crippen LogP contribution in [0.15, 0.2) is 24.3 Å². The van der Waals surface area contributed by atoms with Crippen molar-refractivity contribution >= 4 is 17.3 Å². The van der Waals surface area contributed by atoms with Gasteiger partial charge in [-0.1, -0.05) is 6.07 Å². The smallest absolute Gasteiger partial charge is 0.227 e. The van der Waals surface area contributed by atoms with E-state index in [1.165, 1.54) is 0 Å². The molecule has 0 spiro atoms. The Morgan fingerprint density at radius 3 is 2.63 bits per heavy atom. The molecule has 19 heavy (non-hydrogen) atoms. The Morgan fingerprint density at radius 1 is 1.16 bits per heavy atom. The molecule has 2 fully saturated rings. The van der Waals surface area contributed by atoms with E-state index in [-0.39, 0.29) is 11.8 Å². The van der Waals surface area contributed by atoms with Crippen molar-refractivity contribution in [3.05, 3.63) is 24.3 Å². The molecule has 1 aromatic carbocycles. The molecule has 0 radical (unpaired) electrons. The van der Waals surface area contributed by atoms with E-state index < -0.39 is 0 Å². The molecule has 1 amide bonds. The van der Waals surface area contributed by atoms with E-state index in [0.29, 0.717) is 12.1 Å². The fourth-order valence-electron chi connectivity index (χ4n) is 2.66. The number of carbonyl (C=O) groups excluding carboxylic acids is 1. The molecule has 4 N–H and O–H groups in total. The summed E-state index contributed by atoms with van der Waals surface area (Å²) in [4.78, 5) is 11.7. The van der Waals surface area contributed by atoms with E-state index >= 15 is 0 Å². The Balaban J connectivity index is 1.60. The summed E-state index contributed by atoms with van der Waals surface area (Å²) in [5, 5.41) is 6.47. The third-order valence-electron chi connectivity index (χ3n) is 3.92. The van der Waals surface area contributed by atoms with Gasteiger partial charge in [0.2, 0.25) is 5.91 Å². The quantitative estimate of drug-likeness (QED) is 0.777. The number of amides is 1. The lowest BCUT2D eigenvalue weighted by atomic mass is 10.2. The highest BCUT2D eigenvalue weighted by molar-refractivity contribution is 5.94. The number of hydrogen-bond acceptors (Lipinski definition) is 3. The van der Waals surface area contributed by atoms with Crippen LogP contribution in [-0.4, -0.2) is 18.0 Å². The van der Waals surface area contributed by atoms with Crippen molar-refractivity contribution in [1.29, 1.82) is 0 Å². The molecule has 2 saturated carbocycles. The highest BCUT2D eigenvalue weighted by atomic mass is 16.2. The Bertz CT molecular complexity index is 470. The maximum absolute atomic E-state index is 11.7. The van der Waals surface area contributed by atoms with Crippen LogP contribution in [0, 0.1) is 5.92 Å². The lowest BCUT2D eigenvalue weighted by molar-refractivity contribution is -0.117. The summed E-state index contributed by atoms with van der Waals surface area (Å²) in [6.07, 6.45) is 5.31. The summed E-state index contributed by atoms with van der Waals surface area (Å²) < 4.78 is 0. The van der Waals surface area contributed by atoms with Gasteiger partial charge in [-0.15, -0.1) is 0 Å². The predicted octanol–water partition coefficient (Wildman–Crippen LogP) is 2.33. The first-order valence-electron chi connectivity index (χ1n) is 7.14. The number of nitrogens with two attached hydrogens (primary N) is 1. The molecule has 0 bridgehead atoms. The predicted molar refractivity (Wildman–Crippen MR) is 77.0 cm³/mol. The zero-order valence-electron chi connectivity index (χ0n) is 11.1. The number of benzene rings is 1. The van der Waals surface area contributed by atoms with Crippen LogP contribution in [0.25, 0.3) is 0 Å². The van der Waals surface area contributed by atoms with E-state index in [0.717, 1.165) is 43.5 Å². The van der Waals surface area contributed by atoms with Crippen LogP contribution < -0.4 is 16.4 Å². The number of hydrogen-bond donors (Lipinski definition) is 3. The monoisotopic (exact) mass is 259 g/mol. The molecule has 1 aromatic rings. The van der Waals surface area contributed by atoms with E-state index in [2.05, 4.69) is 10.6 Å². The Hall–Kier alpha value is -1.55. The molecule has 0 aliphatic heterocycles. The Morgan fingerprint density at radius 2 is 1.95 bits per heavy atom. The van der Waals surface area contributed by atoms with Gasteiger partial charge in [0.1, 0.15) is 0 Å². The van der Waals surface area contributed by atoms with Crippen LogP contribution >= 0.6 is 0 Å². The van der Waals surface area contributed by atoms with Crippen LogP contribution in [0.4, 0.5) is 11.4 Å². The average molecular weight is 259 g/mol. The molecule has 0 aromatic heterocycles. The van der Waals surface area contributed by atoms with Crippen molar-refractivity contribution in [3.63, 3.8) is 0 Å². The van der Waals surface area contributed by atoms with Crippen molar-refractivity contribution in [2.75, 3.05) is 10.6 Å². The van der Waals surface area contributed by atoms with Gasteiger partial charge in [-0.25, -0.2) is 0 Å². The maximum Gasteiger partial charge on any atom is 0.227 e. The van der Waals surface area contributed by atoms with Gasteiger partial charge >= 0.3 is 0 Å². The van der Waals surface area contributed by atoms with Gasteiger partial charge in [-0.3, -0.25) is 4.79 Å². The van der Waals surface area contributed by atoms with Crippen molar-refractivity contribution < 1.29 is 4.79 Å². The maximum atomic E-state index is 11.7. The lowest BCUT2D eigenvalue weighted by Crippen LogP contribution is -2.20. The minimum absolute atomic E-state index is 0.153. The second-order valence-corrected chi connectivity index (χ2v) is 5.76. The second-order valence-electron chi connectivity index (χ2n) is 5.76. The van der Waals surface area contributed by atoms with Gasteiger partial charge in [0.25, 0.3) is 0 Å². The molecule has 102 valence electrons. The summed E-state index contributed by atoms with van der Waals surface area (Å²) in [5.41, 5.74) is 7.86. The molecular weight excluding hydrogens is 238 g/mol. The molecular formula is C15H21N3O. The fourth-order valence-corrected chi connectivity index (χ4v) is 2.66. The van der Waals surface area contributed by atoms with Crippen molar-refractivity contribution in [3.8, 4) is 0 Å². The van der Waals surface area contributed by atoms with Crippen molar-refractivity contribution in [1.82, 2.24) is 0 Å². The first kappa shape index (κ1) is 12.5. The van der Waals surface area contributed by atoms with Crippen LogP contribution in [0.2, 0.25) is 0 Å². The molecule has 3 rings (SSSR count). The third-order valence-corrected chi connectivity index (χ3v) is 3.92. The van der Waals surface area contributed by atoms with Gasteiger partial charge in [-0.2, -0.15) is 0 Å². The van der Waals surface area contributed by atoms with Gasteiger partial charge in [0.05, 0.1) is 0 Å².